The maximum Gasteiger partial charge on any atom is 0.339 e. The molecule has 0 spiro atoms. The van der Waals surface area contributed by atoms with E-state index in [4.69, 9.17) is 19.3 Å². The largest absolute Gasteiger partial charge is 0.478 e. The fraction of sp³-hybridized carbons (Fsp3) is 0.290. The second-order valence-corrected chi connectivity index (χ2v) is 8.29. The van der Waals surface area contributed by atoms with Crippen LogP contribution in [0.2, 0.25) is 0 Å². The van der Waals surface area contributed by atoms with Crippen LogP contribution in [0.5, 0.6) is 0 Å². The minimum atomic E-state index is -1.14. The van der Waals surface area contributed by atoms with Crippen molar-refractivity contribution in [3.8, 4) is 0 Å². The molecule has 0 saturated carbocycles. The Balaban J connectivity index is 0.000000293. The summed E-state index contributed by atoms with van der Waals surface area (Å²) >= 11 is 0. The Morgan fingerprint density at radius 3 is 1.46 bits per heavy atom. The minimum Gasteiger partial charge on any atom is -0.478 e. The monoisotopic (exact) mass is 534 g/mol. The first-order chi connectivity index (χ1) is 18.8. The van der Waals surface area contributed by atoms with E-state index in [0.29, 0.717) is 0 Å². The molecule has 0 heterocycles. The van der Waals surface area contributed by atoms with Gasteiger partial charge in [0.15, 0.2) is 0 Å². The number of benzene rings is 3. The lowest BCUT2D eigenvalue weighted by Crippen LogP contribution is -2.13. The normalized spacial score (nSPS) is 10.0. The molecule has 0 aromatic heterocycles. The number of esters is 3. The van der Waals surface area contributed by atoms with Gasteiger partial charge in [-0.1, -0.05) is 61.9 Å². The number of ether oxygens (including phenoxy) is 3. The van der Waals surface area contributed by atoms with Gasteiger partial charge in [-0.2, -0.15) is 0 Å². The van der Waals surface area contributed by atoms with Gasteiger partial charge in [-0.15, -0.1) is 0 Å². The number of unbranched alkanes of at least 4 members (excludes halogenated alkanes) is 1. The third kappa shape index (κ3) is 9.41. The van der Waals surface area contributed by atoms with Crippen LogP contribution in [-0.2, 0) is 27.2 Å². The lowest BCUT2D eigenvalue weighted by Gasteiger charge is -2.11. The number of hydrogen-bond acceptors (Lipinski definition) is 7. The van der Waals surface area contributed by atoms with Crippen molar-refractivity contribution in [1.82, 2.24) is 0 Å². The van der Waals surface area contributed by atoms with E-state index in [2.05, 4.69) is 6.92 Å². The molecule has 0 fully saturated rings. The molecule has 0 unspecified atom stereocenters. The maximum atomic E-state index is 12.2. The molecule has 206 valence electrons. The number of carbonyl (C=O) groups is 4. The average Bonchev–Trinajstić information content (AvgIpc) is 2.95. The number of rotatable bonds is 11. The van der Waals surface area contributed by atoms with E-state index in [-0.39, 0.29) is 42.1 Å². The van der Waals surface area contributed by atoms with Crippen molar-refractivity contribution in [2.24, 2.45) is 0 Å². The van der Waals surface area contributed by atoms with E-state index in [9.17, 15) is 19.2 Å². The molecular formula is C31H34O8. The first-order valence-corrected chi connectivity index (χ1v) is 12.8. The van der Waals surface area contributed by atoms with E-state index in [1.165, 1.54) is 12.1 Å². The Morgan fingerprint density at radius 2 is 1.00 bits per heavy atom. The molecule has 0 aliphatic carbocycles. The molecule has 8 nitrogen and oxygen atoms in total. The number of carboxylic acid groups (broad SMARTS) is 1. The number of hydrogen-bond donors (Lipinski definition) is 1. The van der Waals surface area contributed by atoms with Gasteiger partial charge in [0.2, 0.25) is 0 Å². The predicted molar refractivity (Wildman–Crippen MR) is 146 cm³/mol. The van der Waals surface area contributed by atoms with Crippen LogP contribution in [0.4, 0.5) is 0 Å². The average molecular weight is 535 g/mol. The number of aromatic carboxylic acids is 1. The summed E-state index contributed by atoms with van der Waals surface area (Å²) in [6.07, 6.45) is 3.11. The van der Waals surface area contributed by atoms with Gasteiger partial charge in [0.05, 0.1) is 35.5 Å². The highest BCUT2D eigenvalue weighted by atomic mass is 16.5. The van der Waals surface area contributed by atoms with E-state index in [0.717, 1.165) is 30.4 Å². The molecule has 0 radical (unpaired) electrons. The van der Waals surface area contributed by atoms with Gasteiger partial charge >= 0.3 is 23.9 Å². The molecule has 3 rings (SSSR count). The van der Waals surface area contributed by atoms with E-state index >= 15 is 0 Å². The zero-order valence-electron chi connectivity index (χ0n) is 22.5. The van der Waals surface area contributed by atoms with Gasteiger partial charge in [-0.25, -0.2) is 19.2 Å². The fourth-order valence-corrected chi connectivity index (χ4v) is 3.63. The Kier molecular flexibility index (Phi) is 12.9. The number of aryl methyl sites for hydroxylation is 1. The van der Waals surface area contributed by atoms with Crippen LogP contribution < -0.4 is 0 Å². The molecule has 1 N–H and O–H groups in total. The van der Waals surface area contributed by atoms with Crippen LogP contribution >= 0.6 is 0 Å². The molecule has 3 aromatic carbocycles. The van der Waals surface area contributed by atoms with E-state index in [1.807, 2.05) is 24.3 Å². The van der Waals surface area contributed by atoms with Crippen molar-refractivity contribution in [1.29, 1.82) is 0 Å². The summed E-state index contributed by atoms with van der Waals surface area (Å²) < 4.78 is 15.0. The number of carbonyl (C=O) groups excluding carboxylic acids is 3. The highest BCUT2D eigenvalue weighted by Crippen LogP contribution is 2.16. The fourth-order valence-electron chi connectivity index (χ4n) is 3.63. The molecule has 0 bridgehead atoms. The maximum absolute atomic E-state index is 12.2. The van der Waals surface area contributed by atoms with Crippen molar-refractivity contribution >= 4 is 23.9 Å². The quantitative estimate of drug-likeness (QED) is 0.231. The van der Waals surface area contributed by atoms with Crippen LogP contribution in [-0.4, -0.2) is 42.2 Å². The highest BCUT2D eigenvalue weighted by molar-refractivity contribution is 6.03. The Morgan fingerprint density at radius 1 is 0.590 bits per heavy atom. The van der Waals surface area contributed by atoms with Crippen LogP contribution in [0, 0.1) is 0 Å². The molecular weight excluding hydrogens is 500 g/mol. The highest BCUT2D eigenvalue weighted by Gasteiger charge is 2.18. The first kappa shape index (κ1) is 30.8. The van der Waals surface area contributed by atoms with Crippen molar-refractivity contribution in [2.75, 3.05) is 13.2 Å². The third-order valence-electron chi connectivity index (χ3n) is 5.57. The zero-order chi connectivity index (χ0) is 28.6. The standard InChI is InChI=1S/C19H20O4.C12H14O4/c1-2-3-8-14-9-4-5-10-15(14)13-23-19(22)17-12-7-6-11-16(17)18(20)21;1-3-15-11(13)9-7-5-6-8-10(9)12(14)16-4-2/h4-7,9-12H,2-3,8,13H2,1H3,(H,20,21);5-8H,3-4H2,1-2H3. The van der Waals surface area contributed by atoms with Gasteiger partial charge < -0.3 is 19.3 Å². The van der Waals surface area contributed by atoms with Crippen LogP contribution in [0.1, 0.15) is 86.2 Å². The Labute approximate surface area is 228 Å². The number of carboxylic acids is 1. The Bertz CT molecular complexity index is 1230. The van der Waals surface area contributed by atoms with Gasteiger partial charge in [0.1, 0.15) is 6.61 Å². The van der Waals surface area contributed by atoms with Gasteiger partial charge in [-0.3, -0.25) is 0 Å². The van der Waals surface area contributed by atoms with Crippen LogP contribution in [0.25, 0.3) is 0 Å². The molecule has 0 atom stereocenters. The summed E-state index contributed by atoms with van der Waals surface area (Å²) in [5, 5.41) is 9.13. The molecule has 0 saturated heterocycles. The predicted octanol–water partition coefficient (Wildman–Crippen LogP) is 6.12. The van der Waals surface area contributed by atoms with E-state index < -0.39 is 23.9 Å². The first-order valence-electron chi connectivity index (χ1n) is 12.8. The summed E-state index contributed by atoms with van der Waals surface area (Å²) in [6, 6.07) is 20.4. The zero-order valence-corrected chi connectivity index (χ0v) is 22.5. The molecule has 8 heteroatoms. The van der Waals surface area contributed by atoms with Gasteiger partial charge in [0.25, 0.3) is 0 Å². The van der Waals surface area contributed by atoms with Crippen LogP contribution in [0.3, 0.4) is 0 Å². The smallest absolute Gasteiger partial charge is 0.339 e. The van der Waals surface area contributed by atoms with Gasteiger partial charge in [0, 0.05) is 0 Å². The van der Waals surface area contributed by atoms with E-state index in [1.54, 1.807) is 50.2 Å². The van der Waals surface area contributed by atoms with Crippen molar-refractivity contribution in [3.63, 3.8) is 0 Å². The Hall–Kier alpha value is -4.46. The second kappa shape index (κ2) is 16.4. The molecule has 0 aliphatic heterocycles. The van der Waals surface area contributed by atoms with Crippen molar-refractivity contribution in [2.45, 2.75) is 46.6 Å². The third-order valence-corrected chi connectivity index (χ3v) is 5.57. The summed E-state index contributed by atoms with van der Waals surface area (Å²) in [4.78, 5) is 46.4. The molecule has 0 amide bonds. The van der Waals surface area contributed by atoms with Crippen molar-refractivity contribution < 1.29 is 38.5 Å². The lowest BCUT2D eigenvalue weighted by atomic mass is 10.0. The topological polar surface area (TPSA) is 116 Å². The second-order valence-electron chi connectivity index (χ2n) is 8.29. The summed E-state index contributed by atoms with van der Waals surface area (Å²) in [6.45, 7) is 6.25. The molecule has 39 heavy (non-hydrogen) atoms. The van der Waals surface area contributed by atoms with Crippen molar-refractivity contribution in [3.05, 3.63) is 106 Å². The summed E-state index contributed by atoms with van der Waals surface area (Å²) in [7, 11) is 0. The minimum absolute atomic E-state index is 0.0447. The SMILES string of the molecule is CCCCc1ccccc1COC(=O)c1ccccc1C(=O)O.CCOC(=O)c1ccccc1C(=O)OCC. The van der Waals surface area contributed by atoms with Gasteiger partial charge in [-0.05, 0) is 62.1 Å². The molecule has 3 aromatic rings. The summed E-state index contributed by atoms with van der Waals surface area (Å²) in [5.74, 6) is -2.77. The van der Waals surface area contributed by atoms with Crippen LogP contribution in [0.15, 0.2) is 72.8 Å². The molecule has 0 aliphatic rings. The summed E-state index contributed by atoms with van der Waals surface area (Å²) in [5.41, 5.74) is 2.63. The lowest BCUT2D eigenvalue weighted by molar-refractivity contribution is 0.0461.